The molecule has 0 aromatic carbocycles. The predicted octanol–water partition coefficient (Wildman–Crippen LogP) is 1.88. The Kier molecular flexibility index (Phi) is 3.81. The fourth-order valence-corrected chi connectivity index (χ4v) is 2.80. The molecule has 0 aromatic heterocycles. The summed E-state index contributed by atoms with van der Waals surface area (Å²) in [6.45, 7) is 1.26. The predicted molar refractivity (Wildman–Crippen MR) is 71.8 cm³/mol. The van der Waals surface area contributed by atoms with Gasteiger partial charge in [-0.3, -0.25) is 5.32 Å². The van der Waals surface area contributed by atoms with Crippen LogP contribution in [0.25, 0.3) is 0 Å². The molecular formula is C15H25NO3. The van der Waals surface area contributed by atoms with E-state index in [-0.39, 0.29) is 5.97 Å². The minimum atomic E-state index is -0.570. The van der Waals surface area contributed by atoms with E-state index in [4.69, 9.17) is 9.47 Å². The van der Waals surface area contributed by atoms with E-state index in [1.54, 1.807) is 0 Å². The van der Waals surface area contributed by atoms with Crippen molar-refractivity contribution in [3.05, 3.63) is 0 Å². The lowest BCUT2D eigenvalue weighted by molar-refractivity contribution is -0.153. The molecule has 0 radical (unpaired) electrons. The highest BCUT2D eigenvalue weighted by atomic mass is 16.5. The summed E-state index contributed by atoms with van der Waals surface area (Å²) in [6, 6.07) is 0.492. The van der Waals surface area contributed by atoms with Crippen molar-refractivity contribution in [2.75, 3.05) is 20.3 Å². The third-order valence-corrected chi connectivity index (χ3v) is 4.56. The normalized spacial score (nSPS) is 25.9. The van der Waals surface area contributed by atoms with Crippen molar-refractivity contribution in [3.8, 4) is 0 Å². The molecule has 0 heterocycles. The molecule has 0 saturated heterocycles. The van der Waals surface area contributed by atoms with Crippen LogP contribution in [-0.4, -0.2) is 37.9 Å². The average molecular weight is 267 g/mol. The molecule has 1 N–H and O–H groups in total. The first kappa shape index (κ1) is 13.4. The molecule has 0 aromatic rings. The number of methoxy groups -OCH3 is 1. The lowest BCUT2D eigenvalue weighted by Gasteiger charge is -2.32. The number of esters is 1. The van der Waals surface area contributed by atoms with Gasteiger partial charge in [-0.25, -0.2) is 4.79 Å². The number of hydrogen-bond acceptors (Lipinski definition) is 4. The molecule has 0 aliphatic heterocycles. The number of ether oxygens (including phenoxy) is 2. The van der Waals surface area contributed by atoms with Crippen molar-refractivity contribution in [3.63, 3.8) is 0 Å². The van der Waals surface area contributed by atoms with Crippen LogP contribution in [0.15, 0.2) is 0 Å². The van der Waals surface area contributed by atoms with Crippen LogP contribution < -0.4 is 5.32 Å². The summed E-state index contributed by atoms with van der Waals surface area (Å²) in [5, 5.41) is 3.52. The van der Waals surface area contributed by atoms with Gasteiger partial charge in [0.2, 0.25) is 0 Å². The first-order valence-corrected chi connectivity index (χ1v) is 7.68. The van der Waals surface area contributed by atoms with Crippen LogP contribution in [0.3, 0.4) is 0 Å². The van der Waals surface area contributed by atoms with Gasteiger partial charge in [0.25, 0.3) is 0 Å². The lowest BCUT2D eigenvalue weighted by atomic mass is 9.94. The maximum absolute atomic E-state index is 12.3. The zero-order valence-corrected chi connectivity index (χ0v) is 11.8. The Morgan fingerprint density at radius 1 is 1.21 bits per heavy atom. The summed E-state index contributed by atoms with van der Waals surface area (Å²) < 4.78 is 10.9. The molecule has 4 heteroatoms. The fourth-order valence-electron chi connectivity index (χ4n) is 2.80. The number of carbonyl (C=O) groups is 1. The highest BCUT2D eigenvalue weighted by Crippen LogP contribution is 2.42. The Bertz CT molecular complexity index is 334. The molecule has 0 amide bonds. The van der Waals surface area contributed by atoms with E-state index in [2.05, 4.69) is 5.32 Å². The SMILES string of the molecule is COC(=O)C(COCCC1CC1)(NC1CC1)C1CC1. The maximum atomic E-state index is 12.3. The van der Waals surface area contributed by atoms with Crippen molar-refractivity contribution >= 4 is 5.97 Å². The van der Waals surface area contributed by atoms with Gasteiger partial charge in [0.05, 0.1) is 13.7 Å². The minimum Gasteiger partial charge on any atom is -0.468 e. The van der Waals surface area contributed by atoms with Crippen molar-refractivity contribution in [2.45, 2.75) is 56.5 Å². The van der Waals surface area contributed by atoms with E-state index < -0.39 is 5.54 Å². The molecule has 19 heavy (non-hydrogen) atoms. The summed E-state index contributed by atoms with van der Waals surface area (Å²) in [5.74, 6) is 1.15. The summed E-state index contributed by atoms with van der Waals surface area (Å²) in [5.41, 5.74) is -0.570. The summed E-state index contributed by atoms with van der Waals surface area (Å²) in [6.07, 6.45) is 8.43. The van der Waals surface area contributed by atoms with Crippen molar-refractivity contribution < 1.29 is 14.3 Å². The lowest BCUT2D eigenvalue weighted by Crippen LogP contribution is -2.59. The molecule has 0 bridgehead atoms. The number of nitrogens with one attached hydrogen (secondary N) is 1. The van der Waals surface area contributed by atoms with Gasteiger partial charge < -0.3 is 9.47 Å². The summed E-state index contributed by atoms with van der Waals surface area (Å²) >= 11 is 0. The molecular weight excluding hydrogens is 242 g/mol. The molecule has 108 valence electrons. The molecule has 1 atom stereocenters. The van der Waals surface area contributed by atoms with E-state index in [1.165, 1.54) is 32.8 Å². The van der Waals surface area contributed by atoms with Crippen molar-refractivity contribution in [1.82, 2.24) is 5.32 Å². The Labute approximate surface area is 115 Å². The zero-order valence-electron chi connectivity index (χ0n) is 11.8. The summed E-state index contributed by atoms with van der Waals surface area (Å²) in [7, 11) is 1.48. The largest absolute Gasteiger partial charge is 0.468 e. The second-order valence-corrected chi connectivity index (χ2v) is 6.44. The van der Waals surface area contributed by atoms with Crippen LogP contribution in [0.1, 0.15) is 44.9 Å². The van der Waals surface area contributed by atoms with Gasteiger partial charge in [-0.1, -0.05) is 12.8 Å². The van der Waals surface area contributed by atoms with Crippen LogP contribution in [-0.2, 0) is 14.3 Å². The van der Waals surface area contributed by atoms with Gasteiger partial charge in [-0.2, -0.15) is 0 Å². The Morgan fingerprint density at radius 2 is 1.95 bits per heavy atom. The van der Waals surface area contributed by atoms with Crippen LogP contribution >= 0.6 is 0 Å². The molecule has 3 rings (SSSR count). The van der Waals surface area contributed by atoms with Gasteiger partial charge in [0.1, 0.15) is 5.54 Å². The average Bonchev–Trinajstić information content (AvgIpc) is 3.29. The molecule has 3 aliphatic carbocycles. The van der Waals surface area contributed by atoms with Crippen LogP contribution in [0.2, 0.25) is 0 Å². The highest BCUT2D eigenvalue weighted by Gasteiger charge is 2.54. The smallest absolute Gasteiger partial charge is 0.328 e. The van der Waals surface area contributed by atoms with Crippen molar-refractivity contribution in [1.29, 1.82) is 0 Å². The standard InChI is InChI=1S/C15H25NO3/c1-18-14(17)15(12-4-5-12,16-13-6-7-13)10-19-9-8-11-2-3-11/h11-13,16H,2-10H2,1H3. The zero-order chi connectivity index (χ0) is 13.3. The van der Waals surface area contributed by atoms with Gasteiger partial charge >= 0.3 is 5.97 Å². The van der Waals surface area contributed by atoms with E-state index in [9.17, 15) is 4.79 Å². The van der Waals surface area contributed by atoms with Crippen molar-refractivity contribution in [2.24, 2.45) is 11.8 Å². The molecule has 1 unspecified atom stereocenters. The molecule has 3 fully saturated rings. The third kappa shape index (κ3) is 3.29. The highest BCUT2D eigenvalue weighted by molar-refractivity contribution is 5.82. The van der Waals surface area contributed by atoms with E-state index in [0.717, 1.165) is 31.8 Å². The quantitative estimate of drug-likeness (QED) is 0.512. The topological polar surface area (TPSA) is 47.6 Å². The Balaban J connectivity index is 1.57. The van der Waals surface area contributed by atoms with Crippen LogP contribution in [0.4, 0.5) is 0 Å². The molecule has 3 aliphatic rings. The first-order chi connectivity index (χ1) is 9.24. The van der Waals surface area contributed by atoms with Gasteiger partial charge in [0.15, 0.2) is 0 Å². The number of hydrogen-bond donors (Lipinski definition) is 1. The number of rotatable bonds is 9. The summed E-state index contributed by atoms with van der Waals surface area (Å²) in [4.78, 5) is 12.3. The van der Waals surface area contributed by atoms with Gasteiger partial charge in [-0.15, -0.1) is 0 Å². The van der Waals surface area contributed by atoms with E-state index in [1.807, 2.05) is 0 Å². The molecule has 3 saturated carbocycles. The van der Waals surface area contributed by atoms with Crippen LogP contribution in [0.5, 0.6) is 0 Å². The van der Waals surface area contributed by atoms with Crippen LogP contribution in [0, 0.1) is 11.8 Å². The molecule has 0 spiro atoms. The Morgan fingerprint density at radius 3 is 2.47 bits per heavy atom. The minimum absolute atomic E-state index is 0.131. The third-order valence-electron chi connectivity index (χ3n) is 4.56. The second kappa shape index (κ2) is 5.41. The number of carbonyl (C=O) groups excluding carboxylic acids is 1. The first-order valence-electron chi connectivity index (χ1n) is 7.68. The second-order valence-electron chi connectivity index (χ2n) is 6.44. The fraction of sp³-hybridized carbons (Fsp3) is 0.933. The molecule has 4 nitrogen and oxygen atoms in total. The van der Waals surface area contributed by atoms with Gasteiger partial charge in [-0.05, 0) is 43.9 Å². The Hall–Kier alpha value is -0.610. The maximum Gasteiger partial charge on any atom is 0.328 e. The van der Waals surface area contributed by atoms with E-state index >= 15 is 0 Å². The van der Waals surface area contributed by atoms with E-state index in [0.29, 0.717) is 18.6 Å². The van der Waals surface area contributed by atoms with Gasteiger partial charge in [0, 0.05) is 12.6 Å². The monoisotopic (exact) mass is 267 g/mol.